The number of likely N-dealkylation sites (tertiary alicyclic amines) is 1. The van der Waals surface area contributed by atoms with Crippen LogP contribution < -0.4 is 15.1 Å². The molecule has 0 bridgehead atoms. The number of carbonyl (C=O) groups excluding carboxylic acids is 2. The number of hydrogen-bond acceptors (Lipinski definition) is 6. The molecule has 3 heterocycles. The monoisotopic (exact) mass is 538 g/mol. The zero-order valence-electron chi connectivity index (χ0n) is 21.6. The van der Waals surface area contributed by atoms with Gasteiger partial charge in [-0.15, -0.1) is 0 Å². The van der Waals surface area contributed by atoms with Crippen LogP contribution in [0.1, 0.15) is 53.7 Å². The Morgan fingerprint density at radius 3 is 2.44 bits per heavy atom. The highest BCUT2D eigenvalue weighted by Crippen LogP contribution is 2.50. The van der Waals surface area contributed by atoms with E-state index in [2.05, 4.69) is 28.8 Å². The van der Waals surface area contributed by atoms with Gasteiger partial charge in [-0.1, -0.05) is 6.58 Å². The van der Waals surface area contributed by atoms with E-state index in [1.165, 1.54) is 6.07 Å². The number of amides is 2. The molecule has 1 spiro atoms. The topological polar surface area (TPSA) is 92.6 Å². The molecule has 1 saturated carbocycles. The number of halogens is 3. The van der Waals surface area contributed by atoms with Gasteiger partial charge in [-0.2, -0.15) is 18.4 Å². The molecule has 0 unspecified atom stereocenters. The lowest BCUT2D eigenvalue weighted by molar-refractivity contribution is -0.138. The summed E-state index contributed by atoms with van der Waals surface area (Å²) in [7, 11) is 2.09. The molecule has 11 heteroatoms. The van der Waals surface area contributed by atoms with E-state index in [-0.39, 0.29) is 17.4 Å². The molecule has 2 aromatic rings. The van der Waals surface area contributed by atoms with Gasteiger partial charge in [0.1, 0.15) is 17.4 Å². The molecule has 0 radical (unpaired) electrons. The van der Waals surface area contributed by atoms with E-state index in [1.807, 2.05) is 0 Å². The highest BCUT2D eigenvalue weighted by molar-refractivity contribution is 6.11. The fourth-order valence-electron chi connectivity index (χ4n) is 5.63. The predicted octanol–water partition coefficient (Wildman–Crippen LogP) is 4.29. The average Bonchev–Trinajstić information content (AvgIpc) is 3.14. The summed E-state index contributed by atoms with van der Waals surface area (Å²) >= 11 is 0. The number of carbonyl (C=O) groups is 2. The van der Waals surface area contributed by atoms with Crippen molar-refractivity contribution in [2.45, 2.75) is 43.8 Å². The van der Waals surface area contributed by atoms with E-state index in [4.69, 9.17) is 5.26 Å². The zero-order valence-corrected chi connectivity index (χ0v) is 21.6. The lowest BCUT2D eigenvalue weighted by Gasteiger charge is -2.43. The molecule has 2 amide bonds. The fraction of sp³-hybridized carbons (Fsp3) is 0.429. The van der Waals surface area contributed by atoms with E-state index in [1.54, 1.807) is 29.2 Å². The van der Waals surface area contributed by atoms with Gasteiger partial charge in [-0.05, 0) is 88.5 Å². The van der Waals surface area contributed by atoms with Crippen LogP contribution in [-0.2, 0) is 11.0 Å². The molecule has 2 aliphatic heterocycles. The zero-order chi connectivity index (χ0) is 27.9. The second-order valence-electron chi connectivity index (χ2n) is 10.5. The van der Waals surface area contributed by atoms with Crippen LogP contribution in [0, 0.1) is 17.2 Å². The third-order valence-electron chi connectivity index (χ3n) is 8.05. The van der Waals surface area contributed by atoms with E-state index in [0.717, 1.165) is 49.5 Å². The Labute approximate surface area is 224 Å². The first-order chi connectivity index (χ1) is 18.5. The molecule has 0 atom stereocenters. The normalized spacial score (nSPS) is 19.8. The van der Waals surface area contributed by atoms with Gasteiger partial charge < -0.3 is 15.1 Å². The number of benzene rings is 1. The van der Waals surface area contributed by atoms with Gasteiger partial charge in [-0.3, -0.25) is 14.5 Å². The molecule has 1 aliphatic carbocycles. The van der Waals surface area contributed by atoms with Crippen molar-refractivity contribution in [3.05, 3.63) is 65.7 Å². The molecule has 3 fully saturated rings. The van der Waals surface area contributed by atoms with Crippen LogP contribution >= 0.6 is 0 Å². The number of piperidine rings is 1. The maximum atomic E-state index is 13.6. The minimum absolute atomic E-state index is 0.102. The Hall–Kier alpha value is -3.91. The quantitative estimate of drug-likeness (QED) is 0.611. The molecule has 5 rings (SSSR count). The Morgan fingerprint density at radius 2 is 1.87 bits per heavy atom. The first-order valence-corrected chi connectivity index (χ1v) is 12.9. The molecule has 1 aromatic heterocycles. The van der Waals surface area contributed by atoms with Gasteiger partial charge >= 0.3 is 6.18 Å². The molecule has 3 aliphatic rings. The van der Waals surface area contributed by atoms with Crippen molar-refractivity contribution in [3.8, 4) is 6.07 Å². The number of rotatable bonds is 5. The standard InChI is InChI=1S/C28H29F3N6O2/c1-18-36(22-14-23(28(29,30)31)24(15-32)33-17-22)26(39)27(10-3-11-27)37(18)21-6-4-20(5-7-21)25(38)34-16-19-8-12-35(2)13-9-19/h4-7,14,17,19H,1,3,8-13,16H2,2H3,(H,34,38). The van der Waals surface area contributed by atoms with Gasteiger partial charge in [0.05, 0.1) is 17.4 Å². The van der Waals surface area contributed by atoms with Crippen LogP contribution in [0.25, 0.3) is 0 Å². The Bertz CT molecular complexity index is 1340. The second kappa shape index (κ2) is 10.0. The highest BCUT2D eigenvalue weighted by Gasteiger charge is 2.59. The van der Waals surface area contributed by atoms with Crippen LogP contribution in [0.4, 0.5) is 24.5 Å². The summed E-state index contributed by atoms with van der Waals surface area (Å²) in [4.78, 5) is 35.2. The number of aromatic nitrogens is 1. The summed E-state index contributed by atoms with van der Waals surface area (Å²) in [5.41, 5.74) is -1.95. The number of nitriles is 1. The molecule has 204 valence electrons. The van der Waals surface area contributed by atoms with Crippen molar-refractivity contribution < 1.29 is 22.8 Å². The lowest BCUT2D eigenvalue weighted by atomic mass is 9.75. The van der Waals surface area contributed by atoms with Crippen molar-refractivity contribution in [3.63, 3.8) is 0 Å². The summed E-state index contributed by atoms with van der Waals surface area (Å²) in [6.07, 6.45) is 0.157. The molecule has 39 heavy (non-hydrogen) atoms. The smallest absolute Gasteiger partial charge is 0.352 e. The number of nitrogens with one attached hydrogen (secondary N) is 1. The van der Waals surface area contributed by atoms with Crippen LogP contribution in [0.15, 0.2) is 48.9 Å². The van der Waals surface area contributed by atoms with Crippen LogP contribution in [0.2, 0.25) is 0 Å². The summed E-state index contributed by atoms with van der Waals surface area (Å²) in [6.45, 7) is 6.70. The first-order valence-electron chi connectivity index (χ1n) is 12.9. The number of pyridine rings is 1. The molecule has 1 N–H and O–H groups in total. The SMILES string of the molecule is C=C1N(c2cnc(C#N)c(C(F)(F)F)c2)C(=O)C2(CCC2)N1c1ccc(C(=O)NCC2CCN(C)CC2)cc1. The van der Waals surface area contributed by atoms with E-state index in [0.29, 0.717) is 36.6 Å². The van der Waals surface area contributed by atoms with Crippen molar-refractivity contribution in [2.75, 3.05) is 36.5 Å². The second-order valence-corrected chi connectivity index (χ2v) is 10.5. The number of alkyl halides is 3. The van der Waals surface area contributed by atoms with Crippen molar-refractivity contribution in [1.29, 1.82) is 5.26 Å². The third kappa shape index (κ3) is 4.74. The summed E-state index contributed by atoms with van der Waals surface area (Å²) < 4.78 is 40.8. The number of anilines is 2. The average molecular weight is 539 g/mol. The molecule has 8 nitrogen and oxygen atoms in total. The van der Waals surface area contributed by atoms with Crippen molar-refractivity contribution in [2.24, 2.45) is 5.92 Å². The summed E-state index contributed by atoms with van der Waals surface area (Å²) in [6, 6.07) is 9.03. The van der Waals surface area contributed by atoms with E-state index in [9.17, 15) is 22.8 Å². The highest BCUT2D eigenvalue weighted by atomic mass is 19.4. The van der Waals surface area contributed by atoms with Crippen molar-refractivity contribution in [1.82, 2.24) is 15.2 Å². The van der Waals surface area contributed by atoms with Gasteiger partial charge in [0.15, 0.2) is 5.69 Å². The minimum atomic E-state index is -4.81. The Morgan fingerprint density at radius 1 is 1.21 bits per heavy atom. The lowest BCUT2D eigenvalue weighted by Crippen LogP contribution is -2.54. The van der Waals surface area contributed by atoms with Gasteiger partial charge in [0.25, 0.3) is 11.8 Å². The predicted molar refractivity (Wildman–Crippen MR) is 139 cm³/mol. The Kier molecular flexibility index (Phi) is 6.84. The molecule has 1 aromatic carbocycles. The van der Waals surface area contributed by atoms with Gasteiger partial charge in [0.2, 0.25) is 0 Å². The maximum absolute atomic E-state index is 13.6. The molecule has 2 saturated heterocycles. The van der Waals surface area contributed by atoms with Crippen LogP contribution in [0.5, 0.6) is 0 Å². The molecular weight excluding hydrogens is 509 g/mol. The molecular formula is C28H29F3N6O2. The largest absolute Gasteiger partial charge is 0.419 e. The van der Waals surface area contributed by atoms with Crippen molar-refractivity contribution >= 4 is 23.2 Å². The number of hydrogen-bond donors (Lipinski definition) is 1. The first kappa shape index (κ1) is 26.7. The minimum Gasteiger partial charge on any atom is -0.352 e. The van der Waals surface area contributed by atoms with Crippen LogP contribution in [-0.4, -0.2) is 53.9 Å². The van der Waals surface area contributed by atoms with E-state index >= 15 is 0 Å². The van der Waals surface area contributed by atoms with Gasteiger partial charge in [0, 0.05) is 17.8 Å². The third-order valence-corrected chi connectivity index (χ3v) is 8.05. The van der Waals surface area contributed by atoms with Crippen LogP contribution in [0.3, 0.4) is 0 Å². The summed E-state index contributed by atoms with van der Waals surface area (Å²) in [5.74, 6) is 0.0691. The summed E-state index contributed by atoms with van der Waals surface area (Å²) in [5, 5.41) is 12.1. The van der Waals surface area contributed by atoms with E-state index < -0.39 is 28.9 Å². The number of nitrogens with zero attached hydrogens (tertiary/aromatic N) is 5. The Balaban J connectivity index is 1.37. The fourth-order valence-corrected chi connectivity index (χ4v) is 5.63. The van der Waals surface area contributed by atoms with Gasteiger partial charge in [-0.25, -0.2) is 4.98 Å². The maximum Gasteiger partial charge on any atom is 0.419 e.